The lowest BCUT2D eigenvalue weighted by molar-refractivity contribution is -0.199. The Morgan fingerprint density at radius 1 is 1.11 bits per heavy atom. The number of nitrogens with two attached hydrogens (primary N) is 1. The summed E-state index contributed by atoms with van der Waals surface area (Å²) >= 11 is 0. The minimum Gasteiger partial charge on any atom is -0.338 e. The lowest BCUT2D eigenvalue weighted by Crippen LogP contribution is -2.85. The molecular weight excluding hydrogens is 244 g/mol. The summed E-state index contributed by atoms with van der Waals surface area (Å²) in [5.74, 6) is -4.07. The van der Waals surface area contributed by atoms with Crippen molar-refractivity contribution in [3.8, 4) is 0 Å². The van der Waals surface area contributed by atoms with Gasteiger partial charge in [0.25, 0.3) is 29.0 Å². The van der Waals surface area contributed by atoms with Gasteiger partial charge in [0.15, 0.2) is 0 Å². The highest BCUT2D eigenvalue weighted by Gasteiger charge is 2.79. The second-order valence-corrected chi connectivity index (χ2v) is 3.90. The van der Waals surface area contributed by atoms with Gasteiger partial charge in [-0.05, 0) is 0 Å². The summed E-state index contributed by atoms with van der Waals surface area (Å²) in [7, 11) is 0. The third-order valence-corrected chi connectivity index (χ3v) is 2.93. The van der Waals surface area contributed by atoms with Crippen molar-refractivity contribution < 1.29 is 24.0 Å². The molecule has 0 aromatic heterocycles. The third kappa shape index (κ3) is 1.11. The Morgan fingerprint density at radius 3 is 1.94 bits per heavy atom. The largest absolute Gasteiger partial charge is 0.338 e. The molecule has 2 aliphatic rings. The van der Waals surface area contributed by atoms with E-state index >= 15 is 0 Å². The molecule has 0 aliphatic carbocycles. The van der Waals surface area contributed by atoms with Gasteiger partial charge in [-0.2, -0.15) is 0 Å². The number of hydrogen-bond donors (Lipinski definition) is 2. The van der Waals surface area contributed by atoms with Crippen molar-refractivity contribution in [1.29, 1.82) is 0 Å². The van der Waals surface area contributed by atoms with E-state index in [2.05, 4.69) is 5.32 Å². The molecule has 0 unspecified atom stereocenters. The molecule has 2 rings (SSSR count). The maximum absolute atomic E-state index is 11.7. The molecule has 0 aromatic carbocycles. The first-order valence-corrected chi connectivity index (χ1v) is 5.06. The number of likely N-dealkylation sites (tertiary alicyclic amines) is 2. The Hall–Kier alpha value is -2.29. The van der Waals surface area contributed by atoms with E-state index in [0.29, 0.717) is 9.80 Å². The summed E-state index contributed by atoms with van der Waals surface area (Å²) in [5, 5.41) is 2.23. The molecule has 2 aliphatic heterocycles. The van der Waals surface area contributed by atoms with Crippen LogP contribution < -0.4 is 11.1 Å². The molecule has 0 atom stereocenters. The van der Waals surface area contributed by atoms with E-state index < -0.39 is 35.0 Å². The van der Waals surface area contributed by atoms with E-state index in [9.17, 15) is 24.0 Å². The van der Waals surface area contributed by atoms with Crippen LogP contribution in [0.2, 0.25) is 0 Å². The molecular formula is C9H10N4O5. The standard InChI is InChI=1S/C9H10N4O5/c1-4(14)11-3-13-7(17)9(8(13)18)5(15)12(2-10)6(9)16/h2-3,10H2,1H3,(H,11,14). The Balaban J connectivity index is 2.14. The van der Waals surface area contributed by atoms with Crippen LogP contribution in [-0.4, -0.2) is 52.7 Å². The van der Waals surface area contributed by atoms with E-state index in [1.165, 1.54) is 6.92 Å². The zero-order valence-corrected chi connectivity index (χ0v) is 9.43. The molecule has 9 heteroatoms. The molecule has 96 valence electrons. The first kappa shape index (κ1) is 12.2. The van der Waals surface area contributed by atoms with E-state index in [0.717, 1.165) is 0 Å². The lowest BCUT2D eigenvalue weighted by Gasteiger charge is -2.51. The van der Waals surface area contributed by atoms with Crippen LogP contribution in [0.4, 0.5) is 0 Å². The topological polar surface area (TPSA) is 130 Å². The van der Waals surface area contributed by atoms with Crippen molar-refractivity contribution >= 4 is 29.5 Å². The molecule has 2 heterocycles. The van der Waals surface area contributed by atoms with Crippen LogP contribution in [0.3, 0.4) is 0 Å². The minimum atomic E-state index is -2.22. The minimum absolute atomic E-state index is 0.349. The first-order valence-electron chi connectivity index (χ1n) is 5.06. The number of β-lactam (4-membered cyclic amide) rings is 4. The Bertz CT molecular complexity index is 465. The molecule has 2 saturated heterocycles. The summed E-state index contributed by atoms with van der Waals surface area (Å²) in [6.45, 7) is 0.490. The molecule has 3 N–H and O–H groups in total. The maximum Gasteiger partial charge on any atom is 0.285 e. The SMILES string of the molecule is CC(=O)NCN1C(=O)C2(C(=O)N(CN)C2=O)C1=O. The van der Waals surface area contributed by atoms with Crippen molar-refractivity contribution in [2.24, 2.45) is 11.1 Å². The Labute approximate surface area is 101 Å². The number of nitrogens with one attached hydrogen (secondary N) is 1. The fourth-order valence-corrected chi connectivity index (χ4v) is 1.94. The van der Waals surface area contributed by atoms with Gasteiger partial charge >= 0.3 is 0 Å². The molecule has 0 bridgehead atoms. The zero-order valence-electron chi connectivity index (χ0n) is 9.43. The Kier molecular flexibility index (Phi) is 2.44. The van der Waals surface area contributed by atoms with Gasteiger partial charge < -0.3 is 11.1 Å². The maximum atomic E-state index is 11.7. The van der Waals surface area contributed by atoms with Crippen molar-refractivity contribution in [3.05, 3.63) is 0 Å². The summed E-state index contributed by atoms with van der Waals surface area (Å²) < 4.78 is 0. The number of carbonyl (C=O) groups is 5. The van der Waals surface area contributed by atoms with Crippen LogP contribution in [0.1, 0.15) is 6.92 Å². The molecule has 9 nitrogen and oxygen atoms in total. The quantitative estimate of drug-likeness (QED) is 0.401. The van der Waals surface area contributed by atoms with Gasteiger partial charge in [-0.1, -0.05) is 0 Å². The summed E-state index contributed by atoms with van der Waals surface area (Å²) in [4.78, 5) is 58.5. The number of hydrogen-bond acceptors (Lipinski definition) is 6. The van der Waals surface area contributed by atoms with E-state index in [1.807, 2.05) is 0 Å². The van der Waals surface area contributed by atoms with E-state index in [4.69, 9.17) is 5.73 Å². The lowest BCUT2D eigenvalue weighted by atomic mass is 9.69. The van der Waals surface area contributed by atoms with Gasteiger partial charge in [0.05, 0.1) is 6.67 Å². The van der Waals surface area contributed by atoms with Gasteiger partial charge in [-0.15, -0.1) is 0 Å². The smallest absolute Gasteiger partial charge is 0.285 e. The molecule has 0 saturated carbocycles. The number of rotatable bonds is 3. The summed E-state index contributed by atoms with van der Waals surface area (Å²) in [5.41, 5.74) is 2.91. The Morgan fingerprint density at radius 2 is 1.56 bits per heavy atom. The average molecular weight is 254 g/mol. The number of nitrogens with zero attached hydrogens (tertiary/aromatic N) is 2. The van der Waals surface area contributed by atoms with Crippen LogP contribution in [-0.2, 0) is 24.0 Å². The second kappa shape index (κ2) is 3.60. The van der Waals surface area contributed by atoms with Crippen LogP contribution in [0.5, 0.6) is 0 Å². The summed E-state index contributed by atoms with van der Waals surface area (Å²) in [6, 6.07) is 0. The fourth-order valence-electron chi connectivity index (χ4n) is 1.94. The van der Waals surface area contributed by atoms with Gasteiger partial charge in [-0.3, -0.25) is 33.8 Å². The van der Waals surface area contributed by atoms with Gasteiger partial charge in [0.1, 0.15) is 6.67 Å². The van der Waals surface area contributed by atoms with Crippen molar-refractivity contribution in [2.45, 2.75) is 6.92 Å². The number of carbonyl (C=O) groups excluding carboxylic acids is 5. The van der Waals surface area contributed by atoms with Gasteiger partial charge in [0, 0.05) is 6.92 Å². The van der Waals surface area contributed by atoms with Crippen LogP contribution in [0.15, 0.2) is 0 Å². The summed E-state index contributed by atoms with van der Waals surface area (Å²) in [6.07, 6.45) is 0. The third-order valence-electron chi connectivity index (χ3n) is 2.93. The molecule has 1 spiro atoms. The van der Waals surface area contributed by atoms with Crippen molar-refractivity contribution in [3.63, 3.8) is 0 Å². The second-order valence-electron chi connectivity index (χ2n) is 3.90. The van der Waals surface area contributed by atoms with E-state index in [-0.39, 0.29) is 13.3 Å². The highest BCUT2D eigenvalue weighted by Crippen LogP contribution is 2.43. The van der Waals surface area contributed by atoms with Crippen LogP contribution in [0, 0.1) is 5.41 Å². The van der Waals surface area contributed by atoms with Crippen LogP contribution >= 0.6 is 0 Å². The van der Waals surface area contributed by atoms with Crippen molar-refractivity contribution in [1.82, 2.24) is 15.1 Å². The molecule has 5 amide bonds. The predicted molar refractivity (Wildman–Crippen MR) is 53.9 cm³/mol. The highest BCUT2D eigenvalue weighted by molar-refractivity contribution is 6.52. The van der Waals surface area contributed by atoms with Gasteiger partial charge in [0.2, 0.25) is 5.91 Å². The average Bonchev–Trinajstić information content (AvgIpc) is 2.30. The monoisotopic (exact) mass is 254 g/mol. The normalized spacial score (nSPS) is 21.0. The highest BCUT2D eigenvalue weighted by atomic mass is 16.2. The molecule has 0 radical (unpaired) electrons. The number of imide groups is 2. The predicted octanol–water partition coefficient (Wildman–Crippen LogP) is -3.28. The zero-order chi connectivity index (χ0) is 13.7. The van der Waals surface area contributed by atoms with Gasteiger partial charge in [-0.25, -0.2) is 0 Å². The van der Waals surface area contributed by atoms with E-state index in [1.54, 1.807) is 0 Å². The first-order chi connectivity index (χ1) is 8.38. The fraction of sp³-hybridized carbons (Fsp3) is 0.444. The molecule has 2 fully saturated rings. The van der Waals surface area contributed by atoms with Crippen LogP contribution in [0.25, 0.3) is 0 Å². The number of amides is 5. The molecule has 0 aromatic rings. The van der Waals surface area contributed by atoms with Crippen molar-refractivity contribution in [2.75, 3.05) is 13.3 Å². The molecule has 18 heavy (non-hydrogen) atoms.